The fourth-order valence-corrected chi connectivity index (χ4v) is 2.76. The molecule has 1 saturated heterocycles. The van der Waals surface area contributed by atoms with Crippen molar-refractivity contribution in [2.45, 2.75) is 18.3 Å². The molecule has 1 atom stereocenters. The lowest BCUT2D eigenvalue weighted by atomic mass is 10.1. The van der Waals surface area contributed by atoms with Crippen LogP contribution in [0.25, 0.3) is 0 Å². The summed E-state index contributed by atoms with van der Waals surface area (Å²) in [6.07, 6.45) is -5.83. The summed E-state index contributed by atoms with van der Waals surface area (Å²) in [5, 5.41) is 3.03. The quantitative estimate of drug-likeness (QED) is 0.617. The van der Waals surface area contributed by atoms with Gasteiger partial charge in [-0.3, -0.25) is 14.9 Å². The smallest absolute Gasteiger partial charge is 0.318 e. The van der Waals surface area contributed by atoms with Gasteiger partial charge in [0.2, 0.25) is 5.91 Å². The molecule has 2 N–H and O–H groups in total. The number of hydrogen-bond acceptors (Lipinski definition) is 3. The van der Waals surface area contributed by atoms with Crippen molar-refractivity contribution in [1.29, 1.82) is 0 Å². The topological polar surface area (TPSA) is 78.5 Å². The predicted octanol–water partition coefficient (Wildman–Crippen LogP) is 2.50. The van der Waals surface area contributed by atoms with Gasteiger partial charge >= 0.3 is 12.2 Å². The highest BCUT2D eigenvalue weighted by Crippen LogP contribution is 2.36. The fourth-order valence-electron chi connectivity index (χ4n) is 2.76. The number of amides is 4. The van der Waals surface area contributed by atoms with Crippen molar-refractivity contribution in [3.63, 3.8) is 0 Å². The molecule has 0 spiro atoms. The van der Waals surface area contributed by atoms with Crippen molar-refractivity contribution in [1.82, 2.24) is 10.6 Å². The molecule has 0 aromatic heterocycles. The zero-order chi connectivity index (χ0) is 20.5. The molecule has 28 heavy (non-hydrogen) atoms. The Morgan fingerprint density at radius 2 is 1.64 bits per heavy atom. The number of carbonyl (C=O) groups excluding carboxylic acids is 3. The zero-order valence-corrected chi connectivity index (χ0v) is 14.1. The lowest BCUT2D eigenvalue weighted by Gasteiger charge is -2.29. The minimum Gasteiger partial charge on any atom is -0.318 e. The van der Waals surface area contributed by atoms with Gasteiger partial charge in [0.25, 0.3) is 11.6 Å². The lowest BCUT2D eigenvalue weighted by molar-refractivity contribution is -0.201. The average molecular weight is 395 g/mol. The van der Waals surface area contributed by atoms with Gasteiger partial charge in [-0.25, -0.2) is 14.1 Å². The van der Waals surface area contributed by atoms with Crippen LogP contribution in [-0.2, 0) is 16.0 Å². The number of hydrogen-bond donors (Lipinski definition) is 2. The highest BCUT2D eigenvalue weighted by Gasteiger charge is 2.69. The van der Waals surface area contributed by atoms with E-state index >= 15 is 0 Å². The van der Waals surface area contributed by atoms with Crippen molar-refractivity contribution in [2.24, 2.45) is 0 Å². The number of para-hydroxylation sites is 1. The highest BCUT2D eigenvalue weighted by atomic mass is 19.4. The Hall–Kier alpha value is -3.43. The van der Waals surface area contributed by atoms with Crippen molar-refractivity contribution >= 4 is 23.5 Å². The molecular formula is C18H13F4N3O3. The van der Waals surface area contributed by atoms with Gasteiger partial charge in [-0.1, -0.05) is 42.5 Å². The van der Waals surface area contributed by atoms with Gasteiger partial charge in [-0.05, 0) is 17.7 Å². The Labute approximate surface area is 156 Å². The number of anilines is 1. The van der Waals surface area contributed by atoms with Crippen molar-refractivity contribution in [3.8, 4) is 0 Å². The molecule has 4 amide bonds. The molecule has 0 aliphatic carbocycles. The lowest BCUT2D eigenvalue weighted by Crippen LogP contribution is -2.69. The molecule has 2 aromatic rings. The van der Waals surface area contributed by atoms with Gasteiger partial charge in [0, 0.05) is 0 Å². The zero-order valence-electron chi connectivity index (χ0n) is 14.1. The van der Waals surface area contributed by atoms with Crippen molar-refractivity contribution in [3.05, 3.63) is 66.0 Å². The molecule has 0 unspecified atom stereocenters. The van der Waals surface area contributed by atoms with Crippen LogP contribution in [0.4, 0.5) is 28.0 Å². The van der Waals surface area contributed by atoms with Crippen LogP contribution in [0.3, 0.4) is 0 Å². The van der Waals surface area contributed by atoms with E-state index < -0.39 is 47.6 Å². The Kier molecular flexibility index (Phi) is 4.80. The Balaban J connectivity index is 1.94. The molecule has 0 bridgehead atoms. The minimum atomic E-state index is -5.37. The van der Waals surface area contributed by atoms with Crippen LogP contribution in [0.1, 0.15) is 5.56 Å². The van der Waals surface area contributed by atoms with Crippen LogP contribution in [0.2, 0.25) is 0 Å². The number of alkyl halides is 3. The molecule has 1 aliphatic heterocycles. The van der Waals surface area contributed by atoms with Crippen LogP contribution in [0, 0.1) is 5.82 Å². The van der Waals surface area contributed by atoms with Crippen LogP contribution < -0.4 is 15.5 Å². The number of halogens is 4. The van der Waals surface area contributed by atoms with E-state index in [0.29, 0.717) is 5.56 Å². The van der Waals surface area contributed by atoms with E-state index in [1.165, 1.54) is 29.6 Å². The van der Waals surface area contributed by atoms with E-state index in [4.69, 9.17) is 0 Å². The molecule has 1 aliphatic rings. The summed E-state index contributed by atoms with van der Waals surface area (Å²) in [5.41, 5.74) is -3.95. The molecule has 1 heterocycles. The summed E-state index contributed by atoms with van der Waals surface area (Å²) in [4.78, 5) is 36.9. The van der Waals surface area contributed by atoms with E-state index in [-0.39, 0.29) is 4.90 Å². The predicted molar refractivity (Wildman–Crippen MR) is 89.5 cm³/mol. The second kappa shape index (κ2) is 6.95. The van der Waals surface area contributed by atoms with Crippen LogP contribution in [0.5, 0.6) is 0 Å². The monoisotopic (exact) mass is 395 g/mol. The number of urea groups is 1. The van der Waals surface area contributed by atoms with Gasteiger partial charge in [0.05, 0.1) is 12.1 Å². The molecule has 3 rings (SSSR count). The van der Waals surface area contributed by atoms with Crippen LogP contribution in [0.15, 0.2) is 54.6 Å². The Bertz CT molecular complexity index is 933. The first kappa shape index (κ1) is 19.3. The number of imide groups is 1. The first-order valence-corrected chi connectivity index (χ1v) is 7.98. The number of rotatable bonds is 4. The van der Waals surface area contributed by atoms with Crippen LogP contribution in [-0.4, -0.2) is 29.7 Å². The minimum absolute atomic E-state index is 0.0195. The molecule has 6 nitrogen and oxygen atoms in total. The standard InChI is InChI=1S/C18H13F4N3O3/c19-12-8-4-5-9-13(12)25-15(27)17(18(20,21)22,24-16(25)28)23-14(26)10-11-6-2-1-3-7-11/h1-9H,10H2,(H,23,26)(H,24,28)/t17-/m1/s1. The number of benzene rings is 2. The first-order valence-electron chi connectivity index (χ1n) is 7.98. The van der Waals surface area contributed by atoms with E-state index in [0.717, 1.165) is 12.1 Å². The summed E-state index contributed by atoms with van der Waals surface area (Å²) in [7, 11) is 0. The van der Waals surface area contributed by atoms with Gasteiger partial charge in [0.15, 0.2) is 0 Å². The molecule has 10 heteroatoms. The molecule has 0 saturated carbocycles. The number of nitrogens with one attached hydrogen (secondary N) is 2. The van der Waals surface area contributed by atoms with Crippen molar-refractivity contribution in [2.75, 3.05) is 4.90 Å². The summed E-state index contributed by atoms with van der Waals surface area (Å²) < 4.78 is 55.2. The molecule has 146 valence electrons. The van der Waals surface area contributed by atoms with Crippen LogP contribution >= 0.6 is 0 Å². The first-order chi connectivity index (χ1) is 13.2. The second-order valence-electron chi connectivity index (χ2n) is 5.98. The molecule has 1 fully saturated rings. The number of nitrogens with zero attached hydrogens (tertiary/aromatic N) is 1. The summed E-state index contributed by atoms with van der Waals surface area (Å²) in [5.74, 6) is -4.07. The average Bonchev–Trinajstić information content (AvgIpc) is 2.87. The largest absolute Gasteiger partial charge is 0.440 e. The molecule has 0 radical (unpaired) electrons. The maximum atomic E-state index is 13.9. The third-order valence-electron chi connectivity index (χ3n) is 4.07. The maximum absolute atomic E-state index is 13.9. The van der Waals surface area contributed by atoms with Gasteiger partial charge in [0.1, 0.15) is 5.82 Å². The summed E-state index contributed by atoms with van der Waals surface area (Å²) in [6, 6.07) is 10.7. The second-order valence-corrected chi connectivity index (χ2v) is 5.98. The van der Waals surface area contributed by atoms with Gasteiger partial charge in [-0.15, -0.1) is 0 Å². The van der Waals surface area contributed by atoms with E-state index in [1.807, 2.05) is 0 Å². The SMILES string of the molecule is O=C(Cc1ccccc1)N[C@@]1(C(F)(F)F)NC(=O)N(c2ccccc2F)C1=O. The summed E-state index contributed by atoms with van der Waals surface area (Å²) in [6.45, 7) is 0. The van der Waals surface area contributed by atoms with E-state index in [2.05, 4.69) is 0 Å². The fraction of sp³-hybridized carbons (Fsp3) is 0.167. The van der Waals surface area contributed by atoms with E-state index in [9.17, 15) is 31.9 Å². The molecule has 2 aromatic carbocycles. The normalized spacial score (nSPS) is 19.5. The van der Waals surface area contributed by atoms with Gasteiger partial charge in [-0.2, -0.15) is 13.2 Å². The van der Waals surface area contributed by atoms with E-state index in [1.54, 1.807) is 23.5 Å². The van der Waals surface area contributed by atoms with Crippen molar-refractivity contribution < 1.29 is 31.9 Å². The maximum Gasteiger partial charge on any atom is 0.440 e. The highest BCUT2D eigenvalue weighted by molar-refractivity contribution is 6.24. The third kappa shape index (κ3) is 3.28. The Morgan fingerprint density at radius 1 is 1.04 bits per heavy atom. The van der Waals surface area contributed by atoms with Gasteiger partial charge < -0.3 is 5.32 Å². The molecular weight excluding hydrogens is 382 g/mol. The summed E-state index contributed by atoms with van der Waals surface area (Å²) >= 11 is 0. The Morgan fingerprint density at radius 3 is 2.25 bits per heavy atom. The number of carbonyl (C=O) groups is 3. The third-order valence-corrected chi connectivity index (χ3v) is 4.07.